The number of rotatable bonds is 7. The summed E-state index contributed by atoms with van der Waals surface area (Å²) in [6.45, 7) is 2.50. The molecule has 2 rings (SSSR count). The van der Waals surface area contributed by atoms with Gasteiger partial charge in [0.2, 0.25) is 5.91 Å². The van der Waals surface area contributed by atoms with E-state index < -0.39 is 24.5 Å². The second kappa shape index (κ2) is 9.25. The summed E-state index contributed by atoms with van der Waals surface area (Å²) in [5.41, 5.74) is 2.07. The zero-order chi connectivity index (χ0) is 20.7. The lowest BCUT2D eigenvalue weighted by Crippen LogP contribution is -2.34. The van der Waals surface area contributed by atoms with Crippen LogP contribution in [0.2, 0.25) is 0 Å². The Bertz CT molecular complexity index is 851. The number of alkyl halides is 3. The Balaban J connectivity index is 1.93. The molecule has 5 nitrogen and oxygen atoms in total. The molecule has 28 heavy (non-hydrogen) atoms. The summed E-state index contributed by atoms with van der Waals surface area (Å²) in [6, 6.07) is 11.6. The van der Waals surface area contributed by atoms with Crippen LogP contribution < -0.4 is 15.4 Å². The molecule has 0 spiro atoms. The number of aryl methyl sites for hydroxylation is 2. The predicted molar refractivity (Wildman–Crippen MR) is 99.5 cm³/mol. The van der Waals surface area contributed by atoms with Crippen molar-refractivity contribution < 1.29 is 27.5 Å². The van der Waals surface area contributed by atoms with Crippen LogP contribution in [0.3, 0.4) is 0 Å². The molecule has 0 aliphatic carbocycles. The van der Waals surface area contributed by atoms with Crippen molar-refractivity contribution in [3.8, 4) is 5.75 Å². The van der Waals surface area contributed by atoms with Crippen LogP contribution in [0, 0.1) is 13.8 Å². The van der Waals surface area contributed by atoms with Crippen molar-refractivity contribution in [1.29, 1.82) is 0 Å². The SMILES string of the molecule is Cc1ccc(C)c(OCCC(=O)Nc2ccccc2C(=O)NCC(F)(F)F)c1. The van der Waals surface area contributed by atoms with E-state index in [0.717, 1.165) is 11.1 Å². The molecule has 2 N–H and O–H groups in total. The molecule has 2 aromatic rings. The smallest absolute Gasteiger partial charge is 0.405 e. The van der Waals surface area contributed by atoms with Crippen molar-refractivity contribution in [2.24, 2.45) is 0 Å². The quantitative estimate of drug-likeness (QED) is 0.746. The number of carbonyl (C=O) groups is 2. The van der Waals surface area contributed by atoms with E-state index in [2.05, 4.69) is 5.32 Å². The van der Waals surface area contributed by atoms with E-state index in [4.69, 9.17) is 4.74 Å². The van der Waals surface area contributed by atoms with E-state index in [1.807, 2.05) is 32.0 Å². The largest absolute Gasteiger partial charge is 0.493 e. The molecule has 0 radical (unpaired) electrons. The maximum absolute atomic E-state index is 12.3. The molecule has 0 heterocycles. The topological polar surface area (TPSA) is 67.4 Å². The molecule has 0 aliphatic rings. The molecule has 0 bridgehead atoms. The number of benzene rings is 2. The minimum atomic E-state index is -4.51. The highest BCUT2D eigenvalue weighted by molar-refractivity contribution is 6.03. The van der Waals surface area contributed by atoms with Crippen LogP contribution in [-0.4, -0.2) is 31.1 Å². The average molecular weight is 394 g/mol. The molecule has 2 amide bonds. The number of hydrogen-bond donors (Lipinski definition) is 2. The van der Waals surface area contributed by atoms with E-state index in [1.54, 1.807) is 11.4 Å². The van der Waals surface area contributed by atoms with Crippen LogP contribution in [0.4, 0.5) is 18.9 Å². The fourth-order valence-corrected chi connectivity index (χ4v) is 2.40. The van der Waals surface area contributed by atoms with Crippen LogP contribution in [0.25, 0.3) is 0 Å². The number of para-hydroxylation sites is 1. The predicted octanol–water partition coefficient (Wildman–Crippen LogP) is 4.00. The number of hydrogen-bond acceptors (Lipinski definition) is 3. The van der Waals surface area contributed by atoms with Gasteiger partial charge in [0.1, 0.15) is 12.3 Å². The van der Waals surface area contributed by atoms with Crippen molar-refractivity contribution in [2.45, 2.75) is 26.4 Å². The lowest BCUT2D eigenvalue weighted by atomic mass is 10.1. The van der Waals surface area contributed by atoms with Gasteiger partial charge in [0.25, 0.3) is 5.91 Å². The molecule has 0 atom stereocenters. The minimum Gasteiger partial charge on any atom is -0.493 e. The first-order chi connectivity index (χ1) is 13.2. The van der Waals surface area contributed by atoms with Gasteiger partial charge in [-0.1, -0.05) is 24.3 Å². The van der Waals surface area contributed by atoms with Gasteiger partial charge in [-0.2, -0.15) is 13.2 Å². The standard InChI is InChI=1S/C20H21F3N2O3/c1-13-7-8-14(2)17(11-13)28-10-9-18(26)25-16-6-4-3-5-15(16)19(27)24-12-20(21,22)23/h3-8,11H,9-10,12H2,1-2H3,(H,24,27)(H,25,26). The van der Waals surface area contributed by atoms with Gasteiger partial charge >= 0.3 is 6.18 Å². The summed E-state index contributed by atoms with van der Waals surface area (Å²) in [6.07, 6.45) is -4.50. The maximum atomic E-state index is 12.3. The van der Waals surface area contributed by atoms with Crippen LogP contribution in [0.1, 0.15) is 27.9 Å². The molecule has 0 aromatic heterocycles. The molecule has 0 unspecified atom stereocenters. The number of carbonyl (C=O) groups excluding carboxylic acids is 2. The fourth-order valence-electron chi connectivity index (χ4n) is 2.40. The van der Waals surface area contributed by atoms with Gasteiger partial charge < -0.3 is 15.4 Å². The van der Waals surface area contributed by atoms with Crippen molar-refractivity contribution in [3.63, 3.8) is 0 Å². The Hall–Kier alpha value is -3.03. The van der Waals surface area contributed by atoms with E-state index in [0.29, 0.717) is 5.75 Å². The van der Waals surface area contributed by atoms with Crippen LogP contribution in [-0.2, 0) is 4.79 Å². The Morgan fingerprint density at radius 1 is 1.07 bits per heavy atom. The lowest BCUT2D eigenvalue weighted by Gasteiger charge is -2.13. The monoisotopic (exact) mass is 394 g/mol. The second-order valence-corrected chi connectivity index (χ2v) is 6.26. The number of nitrogens with one attached hydrogen (secondary N) is 2. The third-order valence-electron chi connectivity index (χ3n) is 3.83. The Morgan fingerprint density at radius 2 is 1.79 bits per heavy atom. The molecule has 0 aliphatic heterocycles. The van der Waals surface area contributed by atoms with E-state index in [9.17, 15) is 22.8 Å². The first-order valence-corrected chi connectivity index (χ1v) is 8.59. The Morgan fingerprint density at radius 3 is 2.50 bits per heavy atom. The van der Waals surface area contributed by atoms with Gasteiger partial charge in [0, 0.05) is 0 Å². The highest BCUT2D eigenvalue weighted by Gasteiger charge is 2.28. The fraction of sp³-hybridized carbons (Fsp3) is 0.300. The summed E-state index contributed by atoms with van der Waals surface area (Å²) >= 11 is 0. The maximum Gasteiger partial charge on any atom is 0.405 e. The number of anilines is 1. The molecule has 0 fully saturated rings. The third-order valence-corrected chi connectivity index (χ3v) is 3.83. The normalized spacial score (nSPS) is 11.0. The van der Waals surface area contributed by atoms with Crippen molar-refractivity contribution in [2.75, 3.05) is 18.5 Å². The van der Waals surface area contributed by atoms with E-state index >= 15 is 0 Å². The summed E-state index contributed by atoms with van der Waals surface area (Å²) in [7, 11) is 0. The Kier molecular flexibility index (Phi) is 7.03. The van der Waals surface area contributed by atoms with E-state index in [1.165, 1.54) is 18.2 Å². The van der Waals surface area contributed by atoms with E-state index in [-0.39, 0.29) is 24.3 Å². The summed E-state index contributed by atoms with van der Waals surface area (Å²) < 4.78 is 42.4. The molecule has 2 aromatic carbocycles. The van der Waals surface area contributed by atoms with Crippen LogP contribution >= 0.6 is 0 Å². The molecule has 150 valence electrons. The third kappa shape index (κ3) is 6.61. The first kappa shape index (κ1) is 21.3. The Labute approximate surface area is 160 Å². The molecule has 8 heteroatoms. The molecule has 0 saturated carbocycles. The van der Waals surface area contributed by atoms with Crippen molar-refractivity contribution in [1.82, 2.24) is 5.32 Å². The minimum absolute atomic E-state index is 0.0197. The first-order valence-electron chi connectivity index (χ1n) is 8.59. The summed E-state index contributed by atoms with van der Waals surface area (Å²) in [4.78, 5) is 24.1. The van der Waals surface area contributed by atoms with Crippen molar-refractivity contribution in [3.05, 3.63) is 59.2 Å². The second-order valence-electron chi connectivity index (χ2n) is 6.26. The van der Waals surface area contributed by atoms with Gasteiger partial charge in [-0.15, -0.1) is 0 Å². The number of halogens is 3. The zero-order valence-corrected chi connectivity index (χ0v) is 15.5. The average Bonchev–Trinajstić information content (AvgIpc) is 2.62. The summed E-state index contributed by atoms with van der Waals surface area (Å²) in [5, 5.41) is 4.33. The van der Waals surface area contributed by atoms with Crippen LogP contribution in [0.15, 0.2) is 42.5 Å². The van der Waals surface area contributed by atoms with Crippen molar-refractivity contribution >= 4 is 17.5 Å². The molecular weight excluding hydrogens is 373 g/mol. The van der Waals surface area contributed by atoms with Gasteiger partial charge in [-0.25, -0.2) is 0 Å². The van der Waals surface area contributed by atoms with Crippen LogP contribution in [0.5, 0.6) is 5.75 Å². The number of amides is 2. The number of ether oxygens (including phenoxy) is 1. The van der Waals surface area contributed by atoms with Gasteiger partial charge in [-0.3, -0.25) is 9.59 Å². The molecule has 0 saturated heterocycles. The van der Waals surface area contributed by atoms with Gasteiger partial charge in [-0.05, 0) is 43.2 Å². The summed E-state index contributed by atoms with van der Waals surface area (Å²) in [5.74, 6) is -0.652. The highest BCUT2D eigenvalue weighted by atomic mass is 19.4. The van der Waals surface area contributed by atoms with Gasteiger partial charge in [0.05, 0.1) is 24.3 Å². The molecular formula is C20H21F3N2O3. The van der Waals surface area contributed by atoms with Gasteiger partial charge in [0.15, 0.2) is 0 Å². The lowest BCUT2D eigenvalue weighted by molar-refractivity contribution is -0.123. The zero-order valence-electron chi connectivity index (χ0n) is 15.5. The highest BCUT2D eigenvalue weighted by Crippen LogP contribution is 2.20.